The van der Waals surface area contributed by atoms with Gasteiger partial charge in [-0.25, -0.2) is 4.79 Å². The second kappa shape index (κ2) is 6.12. The molecule has 0 bridgehead atoms. The van der Waals surface area contributed by atoms with Gasteiger partial charge in [-0.3, -0.25) is 0 Å². The summed E-state index contributed by atoms with van der Waals surface area (Å²) in [5.41, 5.74) is 0.776. The van der Waals surface area contributed by atoms with E-state index in [0.717, 1.165) is 37.0 Å². The van der Waals surface area contributed by atoms with Crippen molar-refractivity contribution in [2.75, 3.05) is 6.61 Å². The van der Waals surface area contributed by atoms with Crippen LogP contribution in [0.25, 0.3) is 0 Å². The summed E-state index contributed by atoms with van der Waals surface area (Å²) in [5, 5.41) is 0.150. The Bertz CT molecular complexity index is 364. The molecular weight excluding hydrogens is 256 g/mol. The molecule has 0 radical (unpaired) electrons. The van der Waals surface area contributed by atoms with Gasteiger partial charge < -0.3 is 9.16 Å². The van der Waals surface area contributed by atoms with Gasteiger partial charge in [-0.2, -0.15) is 0 Å². The Morgan fingerprint density at radius 3 is 2.32 bits per heavy atom. The Hall–Kier alpha value is -0.773. The Balaban J connectivity index is 2.96. The van der Waals surface area contributed by atoms with Gasteiger partial charge >= 0.3 is 5.97 Å². The lowest BCUT2D eigenvalue weighted by Gasteiger charge is -2.38. The number of allylic oxidation sites excluding steroid dienone is 1. The summed E-state index contributed by atoms with van der Waals surface area (Å²) in [7, 11) is -1.87. The summed E-state index contributed by atoms with van der Waals surface area (Å²) >= 11 is 0. The lowest BCUT2D eigenvalue weighted by atomic mass is 9.98. The van der Waals surface area contributed by atoms with E-state index in [0.29, 0.717) is 6.61 Å². The molecule has 1 aliphatic carbocycles. The van der Waals surface area contributed by atoms with E-state index in [-0.39, 0.29) is 11.0 Å². The molecule has 0 heterocycles. The van der Waals surface area contributed by atoms with Gasteiger partial charge in [0.05, 0.1) is 17.9 Å². The molecule has 0 atom stereocenters. The number of carbonyl (C=O) groups is 1. The zero-order valence-corrected chi connectivity index (χ0v) is 14.3. The molecule has 0 aromatic carbocycles. The van der Waals surface area contributed by atoms with Crippen LogP contribution in [0.4, 0.5) is 0 Å². The first-order valence-electron chi connectivity index (χ1n) is 7.27. The monoisotopic (exact) mass is 284 g/mol. The Morgan fingerprint density at radius 1 is 1.21 bits per heavy atom. The van der Waals surface area contributed by atoms with E-state index in [1.165, 1.54) is 0 Å². The molecule has 110 valence electrons. The van der Waals surface area contributed by atoms with Gasteiger partial charge in [0.1, 0.15) is 0 Å². The summed E-state index contributed by atoms with van der Waals surface area (Å²) in [5.74, 6) is 0.715. The van der Waals surface area contributed by atoms with Crippen molar-refractivity contribution in [2.24, 2.45) is 0 Å². The molecule has 0 unspecified atom stereocenters. The van der Waals surface area contributed by atoms with E-state index < -0.39 is 8.32 Å². The van der Waals surface area contributed by atoms with E-state index in [9.17, 15) is 4.79 Å². The molecule has 0 fully saturated rings. The zero-order chi connectivity index (χ0) is 14.7. The summed E-state index contributed by atoms with van der Waals surface area (Å²) in [4.78, 5) is 12.0. The Kier molecular flexibility index (Phi) is 5.24. The van der Waals surface area contributed by atoms with Gasteiger partial charge in [0.25, 0.3) is 0 Å². The average Bonchev–Trinajstić information content (AvgIpc) is 2.28. The maximum atomic E-state index is 12.0. The van der Waals surface area contributed by atoms with Crippen LogP contribution < -0.4 is 0 Å². The second-order valence-electron chi connectivity index (χ2n) is 6.69. The second-order valence-corrected chi connectivity index (χ2v) is 11.4. The van der Waals surface area contributed by atoms with Crippen LogP contribution in [0.2, 0.25) is 18.1 Å². The van der Waals surface area contributed by atoms with Crippen molar-refractivity contribution in [3.8, 4) is 0 Å². The van der Waals surface area contributed by atoms with E-state index >= 15 is 0 Å². The minimum atomic E-state index is -1.87. The van der Waals surface area contributed by atoms with Crippen molar-refractivity contribution >= 4 is 14.3 Å². The molecule has 0 aromatic rings. The molecule has 0 saturated carbocycles. The van der Waals surface area contributed by atoms with E-state index in [1.807, 2.05) is 6.92 Å². The first-order valence-corrected chi connectivity index (χ1v) is 10.2. The molecule has 0 saturated heterocycles. The lowest BCUT2D eigenvalue weighted by Crippen LogP contribution is -2.41. The highest BCUT2D eigenvalue weighted by atomic mass is 28.4. The van der Waals surface area contributed by atoms with Gasteiger partial charge in [-0.1, -0.05) is 20.8 Å². The molecular formula is C15H28O3Si. The number of rotatable bonds is 4. The fourth-order valence-electron chi connectivity index (χ4n) is 1.89. The zero-order valence-electron chi connectivity index (χ0n) is 13.3. The van der Waals surface area contributed by atoms with Crippen LogP contribution in [0.15, 0.2) is 11.3 Å². The summed E-state index contributed by atoms with van der Waals surface area (Å²) in [6, 6.07) is 0. The van der Waals surface area contributed by atoms with Crippen LogP contribution in [-0.2, 0) is 14.0 Å². The highest BCUT2D eigenvalue weighted by Crippen LogP contribution is 2.40. The molecule has 1 rings (SSSR count). The third kappa shape index (κ3) is 4.10. The van der Waals surface area contributed by atoms with Gasteiger partial charge in [-0.05, 0) is 44.3 Å². The first-order chi connectivity index (χ1) is 8.69. The minimum absolute atomic E-state index is 0.150. The fourth-order valence-corrected chi connectivity index (χ4v) is 3.03. The summed E-state index contributed by atoms with van der Waals surface area (Å²) in [6.07, 6.45) is 3.83. The van der Waals surface area contributed by atoms with Gasteiger partial charge in [0.2, 0.25) is 8.32 Å². The van der Waals surface area contributed by atoms with Crippen LogP contribution in [0.5, 0.6) is 0 Å². The van der Waals surface area contributed by atoms with E-state index in [1.54, 1.807) is 0 Å². The molecule has 3 nitrogen and oxygen atoms in total. The summed E-state index contributed by atoms with van der Waals surface area (Å²) in [6.45, 7) is 13.4. The fraction of sp³-hybridized carbons (Fsp3) is 0.800. The molecule has 0 amide bonds. The molecule has 0 aliphatic heterocycles. The number of carbonyl (C=O) groups excluding carboxylic acids is 1. The van der Waals surface area contributed by atoms with Crippen molar-refractivity contribution < 1.29 is 14.0 Å². The minimum Gasteiger partial charge on any atom is -0.546 e. The van der Waals surface area contributed by atoms with Gasteiger partial charge in [0, 0.05) is 6.42 Å². The third-order valence-electron chi connectivity index (χ3n) is 4.12. The van der Waals surface area contributed by atoms with Crippen molar-refractivity contribution in [1.82, 2.24) is 0 Å². The normalized spacial score (nSPS) is 17.4. The number of hydrogen-bond acceptors (Lipinski definition) is 3. The van der Waals surface area contributed by atoms with Crippen LogP contribution in [0, 0.1) is 0 Å². The molecule has 0 N–H and O–H groups in total. The topological polar surface area (TPSA) is 35.5 Å². The summed E-state index contributed by atoms with van der Waals surface area (Å²) < 4.78 is 11.5. The van der Waals surface area contributed by atoms with Crippen LogP contribution >= 0.6 is 0 Å². The van der Waals surface area contributed by atoms with Gasteiger partial charge in [-0.15, -0.1) is 0 Å². The van der Waals surface area contributed by atoms with E-state index in [4.69, 9.17) is 9.16 Å². The predicted molar refractivity (Wildman–Crippen MR) is 80.4 cm³/mol. The maximum Gasteiger partial charge on any atom is 0.337 e. The van der Waals surface area contributed by atoms with E-state index in [2.05, 4.69) is 33.9 Å². The average molecular weight is 284 g/mol. The molecule has 1 aliphatic rings. The standard InChI is InChI=1S/C15H28O3Si/c1-7-17-14(16)12-10-8-9-11-13(12)18-19(5,6)15(2,3)4/h7-11H2,1-6H3. The van der Waals surface area contributed by atoms with Crippen LogP contribution in [-0.4, -0.2) is 20.9 Å². The van der Waals surface area contributed by atoms with Crippen molar-refractivity contribution in [3.63, 3.8) is 0 Å². The van der Waals surface area contributed by atoms with Crippen molar-refractivity contribution in [2.45, 2.75) is 71.5 Å². The Morgan fingerprint density at radius 2 is 1.79 bits per heavy atom. The molecule has 0 spiro atoms. The molecule has 0 aromatic heterocycles. The first kappa shape index (κ1) is 16.3. The quantitative estimate of drug-likeness (QED) is 0.567. The SMILES string of the molecule is CCOC(=O)C1=C(O[Si](C)(C)C(C)(C)C)CCCC1. The maximum absolute atomic E-state index is 12.0. The smallest absolute Gasteiger partial charge is 0.337 e. The predicted octanol–water partition coefficient (Wildman–Crippen LogP) is 4.40. The largest absolute Gasteiger partial charge is 0.546 e. The van der Waals surface area contributed by atoms with Crippen molar-refractivity contribution in [1.29, 1.82) is 0 Å². The number of hydrogen-bond donors (Lipinski definition) is 0. The Labute approximate surface area is 118 Å². The molecule has 19 heavy (non-hydrogen) atoms. The number of esters is 1. The number of ether oxygens (including phenoxy) is 1. The van der Waals surface area contributed by atoms with Crippen LogP contribution in [0.3, 0.4) is 0 Å². The lowest BCUT2D eigenvalue weighted by molar-refractivity contribution is -0.139. The van der Waals surface area contributed by atoms with Gasteiger partial charge in [0.15, 0.2) is 0 Å². The van der Waals surface area contributed by atoms with Crippen molar-refractivity contribution in [3.05, 3.63) is 11.3 Å². The highest BCUT2D eigenvalue weighted by molar-refractivity contribution is 6.74. The highest BCUT2D eigenvalue weighted by Gasteiger charge is 2.40. The van der Waals surface area contributed by atoms with Crippen LogP contribution in [0.1, 0.15) is 53.4 Å². The molecule has 4 heteroatoms. The third-order valence-corrected chi connectivity index (χ3v) is 8.49.